The fourth-order valence-corrected chi connectivity index (χ4v) is 4.15. The standard InChI is InChI=1S/C15H25NS/c1-4-16-15(13-8-6-5-7-9-13)14-10-11(2)12(3)17-14/h10,13,15-16H,4-9H2,1-3H3. The summed E-state index contributed by atoms with van der Waals surface area (Å²) in [6.07, 6.45) is 7.12. The summed E-state index contributed by atoms with van der Waals surface area (Å²) in [7, 11) is 0. The van der Waals surface area contributed by atoms with Crippen LogP contribution in [0.2, 0.25) is 0 Å². The highest BCUT2D eigenvalue weighted by molar-refractivity contribution is 7.12. The van der Waals surface area contributed by atoms with E-state index in [1.165, 1.54) is 42.5 Å². The Morgan fingerprint density at radius 1 is 1.29 bits per heavy atom. The first kappa shape index (κ1) is 13.1. The van der Waals surface area contributed by atoms with E-state index in [0.717, 1.165) is 12.5 Å². The molecule has 17 heavy (non-hydrogen) atoms. The molecule has 0 bridgehead atoms. The van der Waals surface area contributed by atoms with Crippen LogP contribution in [0.15, 0.2) is 6.07 Å². The fourth-order valence-electron chi connectivity index (χ4n) is 2.94. The van der Waals surface area contributed by atoms with Crippen LogP contribution in [0.25, 0.3) is 0 Å². The van der Waals surface area contributed by atoms with Crippen molar-refractivity contribution in [2.45, 2.75) is 58.9 Å². The lowest BCUT2D eigenvalue weighted by Gasteiger charge is -2.30. The molecular weight excluding hydrogens is 226 g/mol. The lowest BCUT2D eigenvalue weighted by Crippen LogP contribution is -2.28. The molecule has 0 aromatic carbocycles. The van der Waals surface area contributed by atoms with Gasteiger partial charge in [-0.3, -0.25) is 0 Å². The molecule has 0 radical (unpaired) electrons. The monoisotopic (exact) mass is 251 g/mol. The van der Waals surface area contributed by atoms with Gasteiger partial charge in [0, 0.05) is 15.8 Å². The quantitative estimate of drug-likeness (QED) is 0.825. The summed E-state index contributed by atoms with van der Waals surface area (Å²) in [6, 6.07) is 3.01. The summed E-state index contributed by atoms with van der Waals surface area (Å²) in [6.45, 7) is 7.78. The molecule has 1 saturated carbocycles. The van der Waals surface area contributed by atoms with Crippen LogP contribution in [0, 0.1) is 19.8 Å². The average molecular weight is 251 g/mol. The second-order valence-corrected chi connectivity index (χ2v) is 6.61. The Balaban J connectivity index is 2.15. The molecule has 1 heterocycles. The third-order valence-corrected chi connectivity index (χ3v) is 5.27. The van der Waals surface area contributed by atoms with E-state index in [9.17, 15) is 0 Å². The molecular formula is C15H25NS. The second-order valence-electron chi connectivity index (χ2n) is 5.32. The van der Waals surface area contributed by atoms with Gasteiger partial charge in [0.25, 0.3) is 0 Å². The van der Waals surface area contributed by atoms with Crippen LogP contribution < -0.4 is 5.32 Å². The molecule has 1 fully saturated rings. The first-order valence-corrected chi connectivity index (χ1v) is 7.84. The number of aryl methyl sites for hydroxylation is 2. The number of rotatable bonds is 4. The highest BCUT2D eigenvalue weighted by Crippen LogP contribution is 2.37. The Morgan fingerprint density at radius 2 is 2.00 bits per heavy atom. The first-order chi connectivity index (χ1) is 8.22. The van der Waals surface area contributed by atoms with Gasteiger partial charge in [-0.15, -0.1) is 11.3 Å². The molecule has 0 aliphatic heterocycles. The summed E-state index contributed by atoms with van der Waals surface area (Å²) in [5.74, 6) is 0.862. The summed E-state index contributed by atoms with van der Waals surface area (Å²) in [5, 5.41) is 3.72. The van der Waals surface area contributed by atoms with Crippen molar-refractivity contribution in [2.24, 2.45) is 5.92 Å². The minimum Gasteiger partial charge on any atom is -0.309 e. The van der Waals surface area contributed by atoms with Gasteiger partial charge >= 0.3 is 0 Å². The smallest absolute Gasteiger partial charge is 0.0443 e. The SMILES string of the molecule is CCNC(c1cc(C)c(C)s1)C1CCCCC1. The Kier molecular flexibility index (Phi) is 4.63. The van der Waals surface area contributed by atoms with Crippen molar-refractivity contribution in [3.8, 4) is 0 Å². The van der Waals surface area contributed by atoms with Crippen molar-refractivity contribution < 1.29 is 0 Å². The molecule has 1 aromatic rings. The van der Waals surface area contributed by atoms with E-state index in [1.807, 2.05) is 11.3 Å². The van der Waals surface area contributed by atoms with Crippen LogP contribution in [0.3, 0.4) is 0 Å². The minimum absolute atomic E-state index is 0.609. The Hall–Kier alpha value is -0.340. The first-order valence-electron chi connectivity index (χ1n) is 7.02. The van der Waals surface area contributed by atoms with Crippen molar-refractivity contribution >= 4 is 11.3 Å². The van der Waals surface area contributed by atoms with Gasteiger partial charge in [0.1, 0.15) is 0 Å². The van der Waals surface area contributed by atoms with Crippen molar-refractivity contribution in [2.75, 3.05) is 6.54 Å². The van der Waals surface area contributed by atoms with Gasteiger partial charge in [0.2, 0.25) is 0 Å². The van der Waals surface area contributed by atoms with E-state index < -0.39 is 0 Å². The largest absolute Gasteiger partial charge is 0.309 e. The van der Waals surface area contributed by atoms with Gasteiger partial charge in [-0.1, -0.05) is 26.2 Å². The summed E-state index contributed by atoms with van der Waals surface area (Å²) >= 11 is 1.99. The van der Waals surface area contributed by atoms with E-state index in [4.69, 9.17) is 0 Å². The molecule has 2 heteroatoms. The highest BCUT2D eigenvalue weighted by Gasteiger charge is 2.25. The molecule has 1 unspecified atom stereocenters. The predicted molar refractivity (Wildman–Crippen MR) is 76.8 cm³/mol. The van der Waals surface area contributed by atoms with Gasteiger partial charge in [-0.25, -0.2) is 0 Å². The molecule has 1 aromatic heterocycles. The molecule has 1 aliphatic rings. The Bertz CT molecular complexity index is 330. The van der Waals surface area contributed by atoms with Crippen LogP contribution in [0.1, 0.15) is 60.4 Å². The van der Waals surface area contributed by atoms with E-state index in [2.05, 4.69) is 32.2 Å². The van der Waals surface area contributed by atoms with E-state index in [0.29, 0.717) is 6.04 Å². The van der Waals surface area contributed by atoms with Gasteiger partial charge in [0.15, 0.2) is 0 Å². The van der Waals surface area contributed by atoms with Gasteiger partial charge in [0.05, 0.1) is 0 Å². The zero-order valence-corrected chi connectivity index (χ0v) is 12.2. The number of hydrogen-bond acceptors (Lipinski definition) is 2. The maximum absolute atomic E-state index is 3.72. The second kappa shape index (κ2) is 6.01. The zero-order chi connectivity index (χ0) is 12.3. The average Bonchev–Trinajstić information content (AvgIpc) is 2.67. The van der Waals surface area contributed by atoms with Crippen molar-refractivity contribution in [1.29, 1.82) is 0 Å². The maximum atomic E-state index is 3.72. The highest BCUT2D eigenvalue weighted by atomic mass is 32.1. The van der Waals surface area contributed by atoms with Crippen molar-refractivity contribution in [1.82, 2.24) is 5.32 Å². The minimum atomic E-state index is 0.609. The van der Waals surface area contributed by atoms with Gasteiger partial charge < -0.3 is 5.32 Å². The Morgan fingerprint density at radius 3 is 2.53 bits per heavy atom. The van der Waals surface area contributed by atoms with E-state index >= 15 is 0 Å². The molecule has 96 valence electrons. The molecule has 0 saturated heterocycles. The third kappa shape index (κ3) is 3.11. The molecule has 2 rings (SSSR count). The predicted octanol–water partition coefficient (Wildman–Crippen LogP) is 4.60. The molecule has 1 aliphatic carbocycles. The molecule has 1 nitrogen and oxygen atoms in total. The van der Waals surface area contributed by atoms with Crippen LogP contribution in [-0.4, -0.2) is 6.54 Å². The van der Waals surface area contributed by atoms with E-state index in [1.54, 1.807) is 4.88 Å². The topological polar surface area (TPSA) is 12.0 Å². The fraction of sp³-hybridized carbons (Fsp3) is 0.733. The van der Waals surface area contributed by atoms with Gasteiger partial charge in [-0.2, -0.15) is 0 Å². The lowest BCUT2D eigenvalue weighted by atomic mass is 9.83. The third-order valence-electron chi connectivity index (χ3n) is 4.04. The molecule has 1 atom stereocenters. The van der Waals surface area contributed by atoms with Crippen LogP contribution in [0.5, 0.6) is 0 Å². The normalized spacial score (nSPS) is 19.5. The van der Waals surface area contributed by atoms with Gasteiger partial charge in [-0.05, 0) is 50.8 Å². The van der Waals surface area contributed by atoms with Crippen LogP contribution in [-0.2, 0) is 0 Å². The Labute approximate surface area is 110 Å². The number of thiophene rings is 1. The summed E-state index contributed by atoms with van der Waals surface area (Å²) in [5.41, 5.74) is 1.46. The number of hydrogen-bond donors (Lipinski definition) is 1. The maximum Gasteiger partial charge on any atom is 0.0443 e. The van der Waals surface area contributed by atoms with Crippen LogP contribution in [0.4, 0.5) is 0 Å². The summed E-state index contributed by atoms with van der Waals surface area (Å²) < 4.78 is 0. The summed E-state index contributed by atoms with van der Waals surface area (Å²) in [4.78, 5) is 3.05. The number of nitrogens with one attached hydrogen (secondary N) is 1. The lowest BCUT2D eigenvalue weighted by molar-refractivity contribution is 0.277. The van der Waals surface area contributed by atoms with Crippen molar-refractivity contribution in [3.63, 3.8) is 0 Å². The van der Waals surface area contributed by atoms with Crippen LogP contribution >= 0.6 is 11.3 Å². The molecule has 0 amide bonds. The van der Waals surface area contributed by atoms with Crippen molar-refractivity contribution in [3.05, 3.63) is 21.4 Å². The molecule has 0 spiro atoms. The van der Waals surface area contributed by atoms with E-state index in [-0.39, 0.29) is 0 Å². The molecule has 1 N–H and O–H groups in total. The zero-order valence-electron chi connectivity index (χ0n) is 11.4.